The molecule has 0 bridgehead atoms. The van der Waals surface area contributed by atoms with E-state index >= 15 is 0 Å². The molecule has 48 heavy (non-hydrogen) atoms. The Bertz CT molecular complexity index is 1630. The zero-order valence-electron chi connectivity index (χ0n) is 25.9. The van der Waals surface area contributed by atoms with E-state index in [1.165, 1.54) is 62.8 Å². The molecule has 12 nitrogen and oxygen atoms in total. The van der Waals surface area contributed by atoms with Gasteiger partial charge in [-0.3, -0.25) is 0 Å². The summed E-state index contributed by atoms with van der Waals surface area (Å²) in [4.78, 5) is 50.6. The molecule has 2 heterocycles. The summed E-state index contributed by atoms with van der Waals surface area (Å²) in [5, 5.41) is 0. The summed E-state index contributed by atoms with van der Waals surface area (Å²) in [7, 11) is 3.06. The van der Waals surface area contributed by atoms with Gasteiger partial charge in [-0.25, -0.2) is 19.2 Å². The number of hydrogen-bond donors (Lipinski definition) is 0. The number of carbonyl (C=O) groups excluding carboxylic acids is 4. The first kappa shape index (κ1) is 32.2. The minimum Gasteiger partial charge on any atom is -0.497 e. The molecule has 0 aliphatic carbocycles. The van der Waals surface area contributed by atoms with Gasteiger partial charge in [0.15, 0.2) is 12.2 Å². The minimum absolute atomic E-state index is 0.0565. The average Bonchev–Trinajstić information content (AvgIpc) is 3.71. The summed E-state index contributed by atoms with van der Waals surface area (Å²) in [5.74, 6) is -0.609. The van der Waals surface area contributed by atoms with Gasteiger partial charge in [-0.05, 0) is 97.1 Å². The van der Waals surface area contributed by atoms with Crippen LogP contribution in [-0.4, -0.2) is 75.7 Å². The molecule has 0 saturated carbocycles. The van der Waals surface area contributed by atoms with E-state index in [1.54, 1.807) is 48.5 Å². The molecule has 0 amide bonds. The topological polar surface area (TPSA) is 142 Å². The van der Waals surface area contributed by atoms with Crippen LogP contribution in [0.2, 0.25) is 0 Å². The summed E-state index contributed by atoms with van der Waals surface area (Å²) in [6.07, 6.45) is -2.70. The Labute approximate surface area is 275 Å². The third kappa shape index (κ3) is 7.30. The summed E-state index contributed by atoms with van der Waals surface area (Å²) >= 11 is 0. The summed E-state index contributed by atoms with van der Waals surface area (Å²) < 4.78 is 43.9. The van der Waals surface area contributed by atoms with Crippen LogP contribution in [0.25, 0.3) is 0 Å². The van der Waals surface area contributed by atoms with Gasteiger partial charge in [0.2, 0.25) is 0 Å². The van der Waals surface area contributed by atoms with Gasteiger partial charge in [0, 0.05) is 0 Å². The van der Waals surface area contributed by atoms with E-state index in [0.29, 0.717) is 22.6 Å². The second-order valence-corrected chi connectivity index (χ2v) is 10.8. The Balaban J connectivity index is 0.977. The van der Waals surface area contributed by atoms with Crippen LogP contribution in [0.5, 0.6) is 23.0 Å². The second-order valence-electron chi connectivity index (χ2n) is 10.8. The van der Waals surface area contributed by atoms with Crippen molar-refractivity contribution in [3.63, 3.8) is 0 Å². The predicted molar refractivity (Wildman–Crippen MR) is 167 cm³/mol. The molecule has 0 spiro atoms. The SMILES string of the molecule is COc1ccc(C(=O)Oc2ccc(C(=O)OC3COC4C3OC[C@@H]4OC(=O)c3ccc(OC(=O)c4ccc(OC)cc4)cc3)cc2)cc1. The minimum atomic E-state index is -0.724. The highest BCUT2D eigenvalue weighted by molar-refractivity contribution is 5.93. The molecule has 2 aliphatic heterocycles. The number of benzene rings is 4. The van der Waals surface area contributed by atoms with Crippen LogP contribution in [0.4, 0.5) is 0 Å². The maximum absolute atomic E-state index is 12.9. The van der Waals surface area contributed by atoms with Gasteiger partial charge in [-0.2, -0.15) is 0 Å². The van der Waals surface area contributed by atoms with Crippen molar-refractivity contribution >= 4 is 23.9 Å². The molecule has 2 saturated heterocycles. The van der Waals surface area contributed by atoms with Crippen molar-refractivity contribution in [2.24, 2.45) is 0 Å². The highest BCUT2D eigenvalue weighted by Crippen LogP contribution is 2.32. The van der Waals surface area contributed by atoms with Crippen LogP contribution in [0, 0.1) is 0 Å². The Morgan fingerprint density at radius 2 is 0.750 bits per heavy atom. The Morgan fingerprint density at radius 1 is 0.458 bits per heavy atom. The molecule has 0 radical (unpaired) electrons. The lowest BCUT2D eigenvalue weighted by atomic mass is 10.1. The van der Waals surface area contributed by atoms with Crippen LogP contribution in [0.3, 0.4) is 0 Å². The van der Waals surface area contributed by atoms with E-state index in [-0.39, 0.29) is 35.8 Å². The number of fused-ring (bicyclic) bond motifs is 1. The molecule has 2 aliphatic rings. The number of methoxy groups -OCH3 is 2. The fourth-order valence-electron chi connectivity index (χ4n) is 5.15. The molecule has 4 aromatic carbocycles. The van der Waals surface area contributed by atoms with Crippen LogP contribution in [0.1, 0.15) is 41.4 Å². The van der Waals surface area contributed by atoms with Crippen molar-refractivity contribution in [2.45, 2.75) is 24.4 Å². The van der Waals surface area contributed by atoms with Gasteiger partial charge in [0.05, 0.1) is 49.7 Å². The summed E-state index contributed by atoms with van der Waals surface area (Å²) in [5.41, 5.74) is 1.17. The molecule has 4 aromatic rings. The van der Waals surface area contributed by atoms with E-state index < -0.39 is 48.3 Å². The van der Waals surface area contributed by atoms with Gasteiger partial charge in [0.1, 0.15) is 35.2 Å². The van der Waals surface area contributed by atoms with Crippen LogP contribution >= 0.6 is 0 Å². The van der Waals surface area contributed by atoms with Gasteiger partial charge in [0.25, 0.3) is 0 Å². The second kappa shape index (κ2) is 14.4. The van der Waals surface area contributed by atoms with Crippen molar-refractivity contribution in [1.82, 2.24) is 0 Å². The highest BCUT2D eigenvalue weighted by atomic mass is 16.7. The predicted octanol–water partition coefficient (Wildman–Crippen LogP) is 4.69. The molecule has 6 rings (SSSR count). The molecule has 3 unspecified atom stereocenters. The van der Waals surface area contributed by atoms with Crippen molar-refractivity contribution in [3.05, 3.63) is 119 Å². The Morgan fingerprint density at radius 3 is 1.06 bits per heavy atom. The molecule has 12 heteroatoms. The number of hydrogen-bond acceptors (Lipinski definition) is 12. The maximum Gasteiger partial charge on any atom is 0.343 e. The zero-order valence-corrected chi connectivity index (χ0v) is 25.9. The largest absolute Gasteiger partial charge is 0.497 e. The number of esters is 4. The van der Waals surface area contributed by atoms with Crippen LogP contribution in [-0.2, 0) is 18.9 Å². The standard InChI is InChI=1S/C36H30O12/c1-41-25-11-3-21(4-12-25)33(37)45-27-15-7-23(8-16-27)35(39)47-29-19-43-32-30(20-44-31(29)32)48-36(40)24-9-17-28(18-10-24)46-34(38)22-5-13-26(42-2)14-6-22/h3-18,29-32H,19-20H2,1-2H3/t29-,30?,31?,32?/m0/s1. The van der Waals surface area contributed by atoms with E-state index in [2.05, 4.69) is 0 Å². The Kier molecular flexibility index (Phi) is 9.65. The molecular weight excluding hydrogens is 624 g/mol. The summed E-state index contributed by atoms with van der Waals surface area (Å²) in [6.45, 7) is 0.113. The molecule has 0 aromatic heterocycles. The first-order valence-electron chi connectivity index (χ1n) is 14.9. The quantitative estimate of drug-likeness (QED) is 0.173. The van der Waals surface area contributed by atoms with Crippen molar-refractivity contribution in [1.29, 1.82) is 0 Å². The van der Waals surface area contributed by atoms with Gasteiger partial charge < -0.3 is 37.9 Å². The first-order valence-corrected chi connectivity index (χ1v) is 14.9. The van der Waals surface area contributed by atoms with Crippen molar-refractivity contribution in [3.8, 4) is 23.0 Å². The summed E-state index contributed by atoms with van der Waals surface area (Å²) in [6, 6.07) is 24.9. The Hall–Kier alpha value is -5.72. The smallest absolute Gasteiger partial charge is 0.343 e. The third-order valence-electron chi connectivity index (χ3n) is 7.73. The number of rotatable bonds is 10. The van der Waals surface area contributed by atoms with Gasteiger partial charge in [-0.15, -0.1) is 0 Å². The van der Waals surface area contributed by atoms with Crippen LogP contribution in [0.15, 0.2) is 97.1 Å². The maximum atomic E-state index is 12.9. The molecule has 246 valence electrons. The van der Waals surface area contributed by atoms with Crippen molar-refractivity contribution < 1.29 is 57.1 Å². The number of ether oxygens (including phenoxy) is 8. The number of carbonyl (C=O) groups is 4. The first-order chi connectivity index (χ1) is 23.3. The lowest BCUT2D eigenvalue weighted by Gasteiger charge is -2.17. The average molecular weight is 655 g/mol. The third-order valence-corrected chi connectivity index (χ3v) is 7.73. The van der Waals surface area contributed by atoms with E-state index in [1.807, 2.05) is 0 Å². The lowest BCUT2D eigenvalue weighted by molar-refractivity contribution is -0.0287. The lowest BCUT2D eigenvalue weighted by Crippen LogP contribution is -2.36. The fraction of sp³-hybridized carbons (Fsp3) is 0.222. The fourth-order valence-corrected chi connectivity index (χ4v) is 5.15. The zero-order chi connectivity index (χ0) is 33.6. The highest BCUT2D eigenvalue weighted by Gasteiger charge is 2.51. The molecule has 0 N–H and O–H groups in total. The van der Waals surface area contributed by atoms with Crippen LogP contribution < -0.4 is 18.9 Å². The normalized spacial score (nSPS) is 19.5. The van der Waals surface area contributed by atoms with E-state index in [4.69, 9.17) is 37.9 Å². The van der Waals surface area contributed by atoms with Gasteiger partial charge in [-0.1, -0.05) is 0 Å². The van der Waals surface area contributed by atoms with Gasteiger partial charge >= 0.3 is 23.9 Å². The molecule has 4 atom stereocenters. The van der Waals surface area contributed by atoms with E-state index in [9.17, 15) is 19.2 Å². The van der Waals surface area contributed by atoms with Crippen molar-refractivity contribution in [2.75, 3.05) is 27.4 Å². The van der Waals surface area contributed by atoms with E-state index in [0.717, 1.165) is 0 Å². The molecule has 2 fully saturated rings. The monoisotopic (exact) mass is 654 g/mol. The molecular formula is C36H30O12.